The van der Waals surface area contributed by atoms with E-state index in [2.05, 4.69) is 13.5 Å². The van der Waals surface area contributed by atoms with Gasteiger partial charge in [-0.25, -0.2) is 4.39 Å². The summed E-state index contributed by atoms with van der Waals surface area (Å²) in [5, 5.41) is 0. The highest BCUT2D eigenvalue weighted by molar-refractivity contribution is 4.91. The molecule has 2 rings (SSSR count). The fraction of sp³-hybridized carbons (Fsp3) is 0.895. The van der Waals surface area contributed by atoms with Crippen molar-refractivity contribution in [3.8, 4) is 0 Å². The van der Waals surface area contributed by atoms with Gasteiger partial charge in [-0.05, 0) is 55.8 Å². The van der Waals surface area contributed by atoms with E-state index in [1.165, 1.54) is 57.8 Å². The van der Waals surface area contributed by atoms with Gasteiger partial charge in [0.15, 0.2) is 0 Å². The smallest absolute Gasteiger partial charge is 0.104 e. The van der Waals surface area contributed by atoms with Crippen molar-refractivity contribution in [2.45, 2.75) is 83.7 Å². The van der Waals surface area contributed by atoms with Crippen LogP contribution in [0.5, 0.6) is 0 Å². The summed E-state index contributed by atoms with van der Waals surface area (Å²) >= 11 is 0. The standard InChI is InChI=1S/C19H33F/c1-3-5-6-7-16-8-11-17(12-9-16)18-13-10-15(4-2)14-19(18)20/h4,15-19H,2-3,5-14H2,1H3. The molecule has 3 unspecified atom stereocenters. The maximum absolute atomic E-state index is 14.4. The third-order valence-corrected chi connectivity index (χ3v) is 5.91. The molecule has 2 fully saturated rings. The Morgan fingerprint density at radius 3 is 2.40 bits per heavy atom. The van der Waals surface area contributed by atoms with E-state index in [0.29, 0.717) is 17.8 Å². The van der Waals surface area contributed by atoms with Crippen molar-refractivity contribution in [2.24, 2.45) is 23.7 Å². The van der Waals surface area contributed by atoms with Crippen LogP contribution in [0.15, 0.2) is 12.7 Å². The van der Waals surface area contributed by atoms with E-state index in [1.807, 2.05) is 6.08 Å². The number of hydrogen-bond acceptors (Lipinski definition) is 0. The van der Waals surface area contributed by atoms with Gasteiger partial charge in [-0.2, -0.15) is 0 Å². The highest BCUT2D eigenvalue weighted by Crippen LogP contribution is 2.43. The van der Waals surface area contributed by atoms with Crippen molar-refractivity contribution in [3.63, 3.8) is 0 Å². The van der Waals surface area contributed by atoms with Crippen LogP contribution in [-0.2, 0) is 0 Å². The fourth-order valence-corrected chi connectivity index (χ4v) is 4.50. The first-order valence-corrected chi connectivity index (χ1v) is 9.01. The SMILES string of the molecule is C=CC1CCC(C2CCC(CCCCC)CC2)C(F)C1. The molecule has 0 bridgehead atoms. The van der Waals surface area contributed by atoms with Crippen molar-refractivity contribution < 1.29 is 4.39 Å². The Morgan fingerprint density at radius 1 is 1.05 bits per heavy atom. The highest BCUT2D eigenvalue weighted by Gasteiger charge is 2.36. The van der Waals surface area contributed by atoms with Crippen molar-refractivity contribution >= 4 is 0 Å². The van der Waals surface area contributed by atoms with E-state index >= 15 is 0 Å². The van der Waals surface area contributed by atoms with Crippen LogP contribution < -0.4 is 0 Å². The molecule has 0 radical (unpaired) electrons. The molecule has 0 aromatic heterocycles. The van der Waals surface area contributed by atoms with Crippen LogP contribution in [0.25, 0.3) is 0 Å². The average Bonchev–Trinajstić information content (AvgIpc) is 2.48. The van der Waals surface area contributed by atoms with Crippen molar-refractivity contribution in [2.75, 3.05) is 0 Å². The average molecular weight is 280 g/mol. The Kier molecular flexibility index (Phi) is 6.58. The lowest BCUT2D eigenvalue weighted by atomic mass is 9.68. The van der Waals surface area contributed by atoms with Gasteiger partial charge in [-0.1, -0.05) is 51.5 Å². The molecule has 2 aliphatic rings. The van der Waals surface area contributed by atoms with Crippen molar-refractivity contribution in [1.82, 2.24) is 0 Å². The first kappa shape index (κ1) is 16.0. The number of rotatable bonds is 6. The van der Waals surface area contributed by atoms with E-state index in [1.54, 1.807) is 0 Å². The molecule has 2 saturated carbocycles. The molecular formula is C19H33F. The number of alkyl halides is 1. The van der Waals surface area contributed by atoms with Gasteiger partial charge >= 0.3 is 0 Å². The highest BCUT2D eigenvalue weighted by atomic mass is 19.1. The normalized spacial score (nSPS) is 38.6. The Bertz CT molecular complexity index is 277. The predicted molar refractivity (Wildman–Crippen MR) is 85.5 cm³/mol. The second-order valence-electron chi connectivity index (χ2n) is 7.27. The van der Waals surface area contributed by atoms with E-state index in [9.17, 15) is 4.39 Å². The number of allylic oxidation sites excluding steroid dienone is 1. The minimum Gasteiger partial charge on any atom is -0.247 e. The topological polar surface area (TPSA) is 0 Å². The Hall–Kier alpha value is -0.330. The number of unbranched alkanes of at least 4 members (excludes halogenated alkanes) is 2. The molecule has 0 amide bonds. The molecular weight excluding hydrogens is 247 g/mol. The molecule has 20 heavy (non-hydrogen) atoms. The van der Waals surface area contributed by atoms with Crippen LogP contribution in [-0.4, -0.2) is 6.17 Å². The zero-order valence-corrected chi connectivity index (χ0v) is 13.3. The van der Waals surface area contributed by atoms with E-state index < -0.39 is 6.17 Å². The molecule has 0 aromatic rings. The van der Waals surface area contributed by atoms with Crippen LogP contribution in [0.1, 0.15) is 77.6 Å². The predicted octanol–water partition coefficient (Wildman–Crippen LogP) is 6.31. The van der Waals surface area contributed by atoms with Crippen LogP contribution >= 0.6 is 0 Å². The fourth-order valence-electron chi connectivity index (χ4n) is 4.50. The van der Waals surface area contributed by atoms with Gasteiger partial charge in [0.2, 0.25) is 0 Å². The summed E-state index contributed by atoms with van der Waals surface area (Å²) in [6, 6.07) is 0. The molecule has 0 aliphatic heterocycles. The Labute approximate surface area is 125 Å². The molecule has 0 N–H and O–H groups in total. The lowest BCUT2D eigenvalue weighted by Gasteiger charge is -2.39. The maximum Gasteiger partial charge on any atom is 0.104 e. The molecule has 1 heteroatoms. The second kappa shape index (κ2) is 8.20. The van der Waals surface area contributed by atoms with Gasteiger partial charge in [-0.15, -0.1) is 6.58 Å². The second-order valence-corrected chi connectivity index (χ2v) is 7.27. The van der Waals surface area contributed by atoms with Crippen LogP contribution in [0.4, 0.5) is 4.39 Å². The van der Waals surface area contributed by atoms with Gasteiger partial charge in [0.05, 0.1) is 0 Å². The molecule has 2 aliphatic carbocycles. The molecule has 0 spiro atoms. The summed E-state index contributed by atoms with van der Waals surface area (Å²) < 4.78 is 14.4. The molecule has 0 nitrogen and oxygen atoms in total. The van der Waals surface area contributed by atoms with E-state index in [4.69, 9.17) is 0 Å². The van der Waals surface area contributed by atoms with Crippen LogP contribution in [0, 0.1) is 23.7 Å². The third-order valence-electron chi connectivity index (χ3n) is 5.91. The van der Waals surface area contributed by atoms with Gasteiger partial charge in [0.25, 0.3) is 0 Å². The molecule has 0 aromatic carbocycles. The number of halogens is 1. The quantitative estimate of drug-likeness (QED) is 0.395. The lowest BCUT2D eigenvalue weighted by Crippen LogP contribution is -2.33. The van der Waals surface area contributed by atoms with Crippen molar-refractivity contribution in [1.29, 1.82) is 0 Å². The lowest BCUT2D eigenvalue weighted by molar-refractivity contribution is 0.0671. The van der Waals surface area contributed by atoms with Gasteiger partial charge in [0.1, 0.15) is 6.17 Å². The summed E-state index contributed by atoms with van der Waals surface area (Å²) in [4.78, 5) is 0. The van der Waals surface area contributed by atoms with E-state index in [0.717, 1.165) is 18.8 Å². The minimum atomic E-state index is -0.562. The van der Waals surface area contributed by atoms with Crippen LogP contribution in [0.3, 0.4) is 0 Å². The first-order valence-electron chi connectivity index (χ1n) is 9.01. The van der Waals surface area contributed by atoms with Crippen LogP contribution in [0.2, 0.25) is 0 Å². The Morgan fingerprint density at radius 2 is 1.80 bits per heavy atom. The summed E-state index contributed by atoms with van der Waals surface area (Å²) in [6.45, 7) is 6.11. The van der Waals surface area contributed by atoms with Gasteiger partial charge in [0, 0.05) is 0 Å². The largest absolute Gasteiger partial charge is 0.247 e. The zero-order chi connectivity index (χ0) is 14.4. The van der Waals surface area contributed by atoms with Gasteiger partial charge in [-0.3, -0.25) is 0 Å². The zero-order valence-electron chi connectivity index (χ0n) is 13.3. The molecule has 3 atom stereocenters. The summed E-state index contributed by atoms with van der Waals surface area (Å²) in [5.74, 6) is 2.42. The monoisotopic (exact) mass is 280 g/mol. The van der Waals surface area contributed by atoms with Crippen molar-refractivity contribution in [3.05, 3.63) is 12.7 Å². The first-order chi connectivity index (χ1) is 9.74. The summed E-state index contributed by atoms with van der Waals surface area (Å²) in [6.07, 6.45) is 15.3. The Balaban J connectivity index is 1.72. The van der Waals surface area contributed by atoms with Gasteiger partial charge < -0.3 is 0 Å². The molecule has 0 heterocycles. The summed E-state index contributed by atoms with van der Waals surface area (Å²) in [5.41, 5.74) is 0. The molecule has 0 saturated heterocycles. The molecule has 116 valence electrons. The van der Waals surface area contributed by atoms with E-state index in [-0.39, 0.29) is 0 Å². The number of hydrogen-bond donors (Lipinski definition) is 0. The summed E-state index contributed by atoms with van der Waals surface area (Å²) in [7, 11) is 0. The minimum absolute atomic E-state index is 0.364. The third kappa shape index (κ3) is 4.33. The maximum atomic E-state index is 14.4.